The Kier molecular flexibility index (Phi) is 4.62. The molecule has 1 amide bonds. The van der Waals surface area contributed by atoms with Crippen LogP contribution in [0.25, 0.3) is 0 Å². The molecule has 2 heteroatoms. The summed E-state index contributed by atoms with van der Waals surface area (Å²) >= 11 is 0. The normalized spacial score (nSPS) is 17.0. The molecule has 1 aromatic rings. The van der Waals surface area contributed by atoms with Gasteiger partial charge in [0.15, 0.2) is 0 Å². The first-order valence-electron chi connectivity index (χ1n) is 7.44. The fourth-order valence-corrected chi connectivity index (χ4v) is 3.05. The number of carbonyl (C=O) groups is 1. The van der Waals surface area contributed by atoms with Crippen LogP contribution < -0.4 is 0 Å². The Labute approximate surface area is 116 Å². The van der Waals surface area contributed by atoms with E-state index in [4.69, 9.17) is 0 Å². The van der Waals surface area contributed by atoms with E-state index in [0.29, 0.717) is 6.04 Å². The second-order valence-electron chi connectivity index (χ2n) is 5.88. The molecule has 1 aromatic carbocycles. The maximum Gasteiger partial charge on any atom is 0.254 e. The minimum atomic E-state index is 0.185. The smallest absolute Gasteiger partial charge is 0.254 e. The van der Waals surface area contributed by atoms with Crippen LogP contribution in [0, 0.1) is 13.8 Å². The second-order valence-corrected chi connectivity index (χ2v) is 5.88. The van der Waals surface area contributed by atoms with E-state index in [1.54, 1.807) is 0 Å². The molecule has 1 aliphatic rings. The van der Waals surface area contributed by atoms with Gasteiger partial charge in [-0.1, -0.05) is 43.4 Å². The molecular weight excluding hydrogens is 234 g/mol. The quantitative estimate of drug-likeness (QED) is 0.732. The van der Waals surface area contributed by atoms with E-state index in [0.717, 1.165) is 24.0 Å². The minimum Gasteiger partial charge on any atom is -0.339 e. The van der Waals surface area contributed by atoms with Crippen molar-refractivity contribution in [2.24, 2.45) is 0 Å². The van der Waals surface area contributed by atoms with Crippen molar-refractivity contribution in [3.8, 4) is 0 Å². The molecule has 19 heavy (non-hydrogen) atoms. The molecule has 2 rings (SSSR count). The van der Waals surface area contributed by atoms with Crippen LogP contribution in [-0.4, -0.2) is 23.9 Å². The molecule has 1 aliphatic carbocycles. The van der Waals surface area contributed by atoms with Crippen molar-refractivity contribution in [2.45, 2.75) is 58.4 Å². The van der Waals surface area contributed by atoms with Crippen molar-refractivity contribution >= 4 is 5.91 Å². The second kappa shape index (κ2) is 6.23. The van der Waals surface area contributed by atoms with Gasteiger partial charge in [-0.05, 0) is 38.3 Å². The Morgan fingerprint density at radius 1 is 1.11 bits per heavy atom. The van der Waals surface area contributed by atoms with Gasteiger partial charge in [0.05, 0.1) is 0 Å². The summed E-state index contributed by atoms with van der Waals surface area (Å²) in [5, 5.41) is 0. The predicted molar refractivity (Wildman–Crippen MR) is 79.5 cm³/mol. The highest BCUT2D eigenvalue weighted by Crippen LogP contribution is 2.23. The molecule has 0 atom stereocenters. The van der Waals surface area contributed by atoms with E-state index < -0.39 is 0 Å². The van der Waals surface area contributed by atoms with Gasteiger partial charge < -0.3 is 4.90 Å². The Bertz CT molecular complexity index is 445. The predicted octanol–water partition coefficient (Wildman–Crippen LogP) is 4.10. The topological polar surface area (TPSA) is 20.3 Å². The van der Waals surface area contributed by atoms with Gasteiger partial charge in [-0.3, -0.25) is 4.79 Å². The summed E-state index contributed by atoms with van der Waals surface area (Å²) in [6, 6.07) is 6.52. The molecule has 0 bridgehead atoms. The van der Waals surface area contributed by atoms with Gasteiger partial charge in [0.2, 0.25) is 0 Å². The number of carbonyl (C=O) groups excluding carboxylic acids is 1. The van der Waals surface area contributed by atoms with Gasteiger partial charge in [-0.15, -0.1) is 0 Å². The highest BCUT2D eigenvalue weighted by molar-refractivity contribution is 5.95. The number of benzene rings is 1. The molecule has 0 aliphatic heterocycles. The monoisotopic (exact) mass is 259 g/mol. The number of amides is 1. The van der Waals surface area contributed by atoms with Crippen LogP contribution >= 0.6 is 0 Å². The molecule has 2 nitrogen and oxygen atoms in total. The van der Waals surface area contributed by atoms with Crippen LogP contribution in [0.2, 0.25) is 0 Å². The summed E-state index contributed by atoms with van der Waals surface area (Å²) in [5.74, 6) is 0.185. The summed E-state index contributed by atoms with van der Waals surface area (Å²) in [7, 11) is 1.97. The van der Waals surface area contributed by atoms with Gasteiger partial charge >= 0.3 is 0 Å². The molecule has 104 valence electrons. The SMILES string of the molecule is Cc1ccc(C(=O)N(C)C2CCCCCC2)c(C)c1. The molecule has 0 aromatic heterocycles. The third-order valence-corrected chi connectivity index (χ3v) is 4.31. The minimum absolute atomic E-state index is 0.185. The van der Waals surface area contributed by atoms with Crippen LogP contribution in [0.15, 0.2) is 18.2 Å². The molecule has 0 heterocycles. The van der Waals surface area contributed by atoms with E-state index in [-0.39, 0.29) is 5.91 Å². The Morgan fingerprint density at radius 2 is 1.74 bits per heavy atom. The van der Waals surface area contributed by atoms with E-state index in [1.807, 2.05) is 31.0 Å². The van der Waals surface area contributed by atoms with Crippen molar-refractivity contribution in [3.05, 3.63) is 34.9 Å². The van der Waals surface area contributed by atoms with E-state index in [2.05, 4.69) is 13.0 Å². The van der Waals surface area contributed by atoms with E-state index in [1.165, 1.54) is 31.2 Å². The van der Waals surface area contributed by atoms with Crippen LogP contribution in [0.1, 0.15) is 60.0 Å². The molecule has 0 unspecified atom stereocenters. The van der Waals surface area contributed by atoms with Crippen molar-refractivity contribution < 1.29 is 4.79 Å². The van der Waals surface area contributed by atoms with Gasteiger partial charge in [0.25, 0.3) is 5.91 Å². The Balaban J connectivity index is 2.13. The van der Waals surface area contributed by atoms with Crippen LogP contribution in [-0.2, 0) is 0 Å². The Hall–Kier alpha value is -1.31. The zero-order valence-electron chi connectivity index (χ0n) is 12.4. The number of nitrogens with zero attached hydrogens (tertiary/aromatic N) is 1. The summed E-state index contributed by atoms with van der Waals surface area (Å²) < 4.78 is 0. The lowest BCUT2D eigenvalue weighted by Crippen LogP contribution is -2.37. The van der Waals surface area contributed by atoms with Gasteiger partial charge in [-0.25, -0.2) is 0 Å². The summed E-state index contributed by atoms with van der Waals surface area (Å²) in [4.78, 5) is 14.6. The van der Waals surface area contributed by atoms with Crippen molar-refractivity contribution in [3.63, 3.8) is 0 Å². The number of rotatable bonds is 2. The Morgan fingerprint density at radius 3 is 2.32 bits per heavy atom. The summed E-state index contributed by atoms with van der Waals surface area (Å²) in [6.07, 6.45) is 7.48. The molecule has 0 N–H and O–H groups in total. The maximum atomic E-state index is 12.6. The summed E-state index contributed by atoms with van der Waals surface area (Å²) in [5.41, 5.74) is 3.16. The molecule has 1 saturated carbocycles. The fourth-order valence-electron chi connectivity index (χ4n) is 3.05. The average molecular weight is 259 g/mol. The van der Waals surface area contributed by atoms with E-state index >= 15 is 0 Å². The first-order chi connectivity index (χ1) is 9.09. The lowest BCUT2D eigenvalue weighted by Gasteiger charge is -2.28. The van der Waals surface area contributed by atoms with Crippen LogP contribution in [0.5, 0.6) is 0 Å². The zero-order chi connectivity index (χ0) is 13.8. The van der Waals surface area contributed by atoms with Gasteiger partial charge in [0, 0.05) is 18.7 Å². The number of hydrogen-bond acceptors (Lipinski definition) is 1. The highest BCUT2D eigenvalue weighted by atomic mass is 16.2. The van der Waals surface area contributed by atoms with Gasteiger partial charge in [0.1, 0.15) is 0 Å². The van der Waals surface area contributed by atoms with E-state index in [9.17, 15) is 4.79 Å². The molecule has 1 fully saturated rings. The number of aryl methyl sites for hydroxylation is 2. The average Bonchev–Trinajstić information content (AvgIpc) is 2.66. The molecular formula is C17H25NO. The third kappa shape index (κ3) is 3.37. The van der Waals surface area contributed by atoms with Crippen molar-refractivity contribution in [1.82, 2.24) is 4.90 Å². The van der Waals surface area contributed by atoms with Crippen LogP contribution in [0.3, 0.4) is 0 Å². The maximum absolute atomic E-state index is 12.6. The lowest BCUT2D eigenvalue weighted by atomic mass is 10.0. The molecule has 0 spiro atoms. The first kappa shape index (κ1) is 14.1. The van der Waals surface area contributed by atoms with Crippen molar-refractivity contribution in [1.29, 1.82) is 0 Å². The molecule has 0 saturated heterocycles. The lowest BCUT2D eigenvalue weighted by molar-refractivity contribution is 0.0717. The highest BCUT2D eigenvalue weighted by Gasteiger charge is 2.22. The standard InChI is InChI=1S/C17H25NO/c1-13-10-11-16(14(2)12-13)17(19)18(3)15-8-6-4-5-7-9-15/h10-12,15H,4-9H2,1-3H3. The fraction of sp³-hybridized carbons (Fsp3) is 0.588. The zero-order valence-corrected chi connectivity index (χ0v) is 12.4. The largest absolute Gasteiger partial charge is 0.339 e. The van der Waals surface area contributed by atoms with Gasteiger partial charge in [-0.2, -0.15) is 0 Å². The molecule has 0 radical (unpaired) electrons. The summed E-state index contributed by atoms with van der Waals surface area (Å²) in [6.45, 7) is 4.09. The first-order valence-corrected chi connectivity index (χ1v) is 7.44. The number of hydrogen-bond donors (Lipinski definition) is 0. The third-order valence-electron chi connectivity index (χ3n) is 4.31. The van der Waals surface area contributed by atoms with Crippen LogP contribution in [0.4, 0.5) is 0 Å². The van der Waals surface area contributed by atoms with Crippen molar-refractivity contribution in [2.75, 3.05) is 7.05 Å².